The van der Waals surface area contributed by atoms with Gasteiger partial charge >= 0.3 is 0 Å². The van der Waals surface area contributed by atoms with Crippen LogP contribution in [0.2, 0.25) is 0 Å². The second-order valence-corrected chi connectivity index (χ2v) is 9.78. The van der Waals surface area contributed by atoms with Crippen molar-refractivity contribution in [2.45, 2.75) is 18.4 Å². The Labute approximate surface area is 195 Å². The van der Waals surface area contributed by atoms with E-state index < -0.39 is 10.0 Å². The van der Waals surface area contributed by atoms with E-state index in [0.29, 0.717) is 31.8 Å². The number of carbonyl (C=O) groups excluding carboxylic acids is 2. The Morgan fingerprint density at radius 1 is 1.09 bits per heavy atom. The molecule has 9 heteroatoms. The van der Waals surface area contributed by atoms with Crippen molar-refractivity contribution in [2.24, 2.45) is 0 Å². The molecule has 1 heterocycles. The van der Waals surface area contributed by atoms with Crippen LogP contribution in [0, 0.1) is 0 Å². The minimum Gasteiger partial charge on any atom is -0.490 e. The first-order valence-corrected chi connectivity index (χ1v) is 12.1. The minimum atomic E-state index is -3.76. The van der Waals surface area contributed by atoms with Gasteiger partial charge in [0.15, 0.2) is 0 Å². The summed E-state index contributed by atoms with van der Waals surface area (Å²) in [5, 5.41) is 0. The van der Waals surface area contributed by atoms with E-state index in [1.807, 2.05) is 24.3 Å². The van der Waals surface area contributed by atoms with Gasteiger partial charge in [0.1, 0.15) is 12.4 Å². The molecule has 176 valence electrons. The highest BCUT2D eigenvalue weighted by Gasteiger charge is 2.29. The standard InChI is InChI=1S/C24H29N3O5S/c1-4-16-32-22-10-8-20(9-11-22)18-25(3)24(29)21-6-5-7-23(17-21)33(30,31)27-14-12-26(13-15-27)19(2)28/h4-11,17H,1,12-16,18H2,2-3H3. The van der Waals surface area contributed by atoms with Crippen molar-refractivity contribution < 1.29 is 22.7 Å². The van der Waals surface area contributed by atoms with Crippen molar-refractivity contribution in [1.82, 2.24) is 14.1 Å². The SMILES string of the molecule is C=CCOc1ccc(CN(C)C(=O)c2cccc(S(=O)(=O)N3CCN(C(C)=O)CC3)c2)cc1. The Morgan fingerprint density at radius 2 is 1.76 bits per heavy atom. The molecule has 0 bridgehead atoms. The normalized spacial score (nSPS) is 14.5. The maximum absolute atomic E-state index is 13.1. The van der Waals surface area contributed by atoms with Gasteiger partial charge in [-0.05, 0) is 35.9 Å². The number of rotatable bonds is 8. The van der Waals surface area contributed by atoms with Crippen LogP contribution in [0.4, 0.5) is 0 Å². The molecule has 0 aromatic heterocycles. The number of hydrogen-bond acceptors (Lipinski definition) is 5. The van der Waals surface area contributed by atoms with E-state index in [-0.39, 0.29) is 29.8 Å². The fourth-order valence-electron chi connectivity index (χ4n) is 3.59. The predicted molar refractivity (Wildman–Crippen MR) is 125 cm³/mol. The Bertz CT molecular complexity index is 1110. The highest BCUT2D eigenvalue weighted by molar-refractivity contribution is 7.89. The average molecular weight is 472 g/mol. The Kier molecular flexibility index (Phi) is 7.88. The molecule has 2 aromatic rings. The van der Waals surface area contributed by atoms with Gasteiger partial charge in [0.2, 0.25) is 15.9 Å². The zero-order valence-electron chi connectivity index (χ0n) is 18.9. The van der Waals surface area contributed by atoms with Crippen LogP contribution in [-0.2, 0) is 21.4 Å². The van der Waals surface area contributed by atoms with Crippen LogP contribution in [-0.4, -0.2) is 74.2 Å². The van der Waals surface area contributed by atoms with Crippen LogP contribution in [0.15, 0.2) is 66.1 Å². The van der Waals surface area contributed by atoms with Gasteiger partial charge in [-0.15, -0.1) is 0 Å². The molecule has 1 fully saturated rings. The molecule has 0 atom stereocenters. The number of ether oxygens (including phenoxy) is 1. The summed E-state index contributed by atoms with van der Waals surface area (Å²) >= 11 is 0. The minimum absolute atomic E-state index is 0.0680. The summed E-state index contributed by atoms with van der Waals surface area (Å²) in [6, 6.07) is 13.5. The summed E-state index contributed by atoms with van der Waals surface area (Å²) in [5.41, 5.74) is 1.22. The summed E-state index contributed by atoms with van der Waals surface area (Å²) in [6.07, 6.45) is 1.67. The molecule has 8 nitrogen and oxygen atoms in total. The van der Waals surface area contributed by atoms with Crippen molar-refractivity contribution in [3.05, 3.63) is 72.3 Å². The first-order chi connectivity index (χ1) is 15.7. The molecule has 0 radical (unpaired) electrons. The van der Waals surface area contributed by atoms with Crippen LogP contribution in [0.5, 0.6) is 5.75 Å². The second-order valence-electron chi connectivity index (χ2n) is 7.84. The predicted octanol–water partition coefficient (Wildman–Crippen LogP) is 2.38. The van der Waals surface area contributed by atoms with Crippen molar-refractivity contribution in [3.8, 4) is 5.75 Å². The number of benzene rings is 2. The van der Waals surface area contributed by atoms with Gasteiger partial charge in [0, 0.05) is 52.3 Å². The van der Waals surface area contributed by atoms with Crippen molar-refractivity contribution >= 4 is 21.8 Å². The molecule has 2 aromatic carbocycles. The lowest BCUT2D eigenvalue weighted by Crippen LogP contribution is -2.49. The van der Waals surface area contributed by atoms with Crippen LogP contribution in [0.3, 0.4) is 0 Å². The number of sulfonamides is 1. The summed E-state index contributed by atoms with van der Waals surface area (Å²) in [4.78, 5) is 27.7. The third-order valence-corrected chi connectivity index (χ3v) is 7.36. The Balaban J connectivity index is 1.68. The van der Waals surface area contributed by atoms with Gasteiger partial charge in [-0.2, -0.15) is 4.31 Å². The zero-order valence-corrected chi connectivity index (χ0v) is 19.8. The van der Waals surface area contributed by atoms with E-state index in [1.54, 1.807) is 30.2 Å². The quantitative estimate of drug-likeness (QED) is 0.552. The zero-order chi connectivity index (χ0) is 24.0. The maximum Gasteiger partial charge on any atom is 0.253 e. The smallest absolute Gasteiger partial charge is 0.253 e. The molecule has 1 saturated heterocycles. The van der Waals surface area contributed by atoms with Crippen LogP contribution in [0.25, 0.3) is 0 Å². The van der Waals surface area contributed by atoms with Crippen molar-refractivity contribution in [2.75, 3.05) is 39.8 Å². The van der Waals surface area contributed by atoms with E-state index in [1.165, 1.54) is 28.3 Å². The molecule has 1 aliphatic rings. The second kappa shape index (κ2) is 10.6. The third kappa shape index (κ3) is 6.00. The largest absolute Gasteiger partial charge is 0.490 e. The highest BCUT2D eigenvalue weighted by atomic mass is 32.2. The van der Waals surface area contributed by atoms with Gasteiger partial charge < -0.3 is 14.5 Å². The van der Waals surface area contributed by atoms with E-state index >= 15 is 0 Å². The molecule has 2 amide bonds. The number of amides is 2. The summed E-state index contributed by atoms with van der Waals surface area (Å²) in [6.45, 7) is 7.04. The average Bonchev–Trinajstić information content (AvgIpc) is 2.83. The molecule has 3 rings (SSSR count). The van der Waals surface area contributed by atoms with Gasteiger partial charge in [-0.25, -0.2) is 8.42 Å². The van der Waals surface area contributed by atoms with Gasteiger partial charge in [0.05, 0.1) is 4.90 Å². The molecule has 0 unspecified atom stereocenters. The summed E-state index contributed by atoms with van der Waals surface area (Å²) in [5.74, 6) is 0.372. The van der Waals surface area contributed by atoms with Crippen LogP contribution >= 0.6 is 0 Å². The van der Waals surface area contributed by atoms with Crippen molar-refractivity contribution in [3.63, 3.8) is 0 Å². The number of carbonyl (C=O) groups is 2. The molecule has 0 saturated carbocycles. The topological polar surface area (TPSA) is 87.2 Å². The summed E-state index contributed by atoms with van der Waals surface area (Å²) < 4.78 is 33.0. The number of hydrogen-bond donors (Lipinski definition) is 0. The van der Waals surface area contributed by atoms with Crippen molar-refractivity contribution in [1.29, 1.82) is 0 Å². The molecule has 0 spiro atoms. The lowest BCUT2D eigenvalue weighted by Gasteiger charge is -2.33. The molecule has 33 heavy (non-hydrogen) atoms. The highest BCUT2D eigenvalue weighted by Crippen LogP contribution is 2.20. The van der Waals surface area contributed by atoms with E-state index in [0.717, 1.165) is 11.3 Å². The van der Waals surface area contributed by atoms with E-state index in [9.17, 15) is 18.0 Å². The monoisotopic (exact) mass is 471 g/mol. The molecule has 0 aliphatic carbocycles. The Morgan fingerprint density at radius 3 is 2.36 bits per heavy atom. The number of piperazine rings is 1. The molecular weight excluding hydrogens is 442 g/mol. The number of nitrogens with zero attached hydrogens (tertiary/aromatic N) is 3. The van der Waals surface area contributed by atoms with Crippen LogP contribution in [0.1, 0.15) is 22.8 Å². The lowest BCUT2D eigenvalue weighted by molar-refractivity contribution is -0.129. The molecule has 1 aliphatic heterocycles. The fourth-order valence-corrected chi connectivity index (χ4v) is 5.06. The maximum atomic E-state index is 13.1. The Hall–Kier alpha value is -3.17. The third-order valence-electron chi connectivity index (χ3n) is 5.46. The van der Waals surface area contributed by atoms with E-state index in [4.69, 9.17) is 4.74 Å². The van der Waals surface area contributed by atoms with E-state index in [2.05, 4.69) is 6.58 Å². The first kappa shape index (κ1) is 24.5. The lowest BCUT2D eigenvalue weighted by atomic mass is 10.1. The van der Waals surface area contributed by atoms with Gasteiger partial charge in [0.25, 0.3) is 5.91 Å². The van der Waals surface area contributed by atoms with Gasteiger partial charge in [-0.3, -0.25) is 9.59 Å². The fraction of sp³-hybridized carbons (Fsp3) is 0.333. The first-order valence-electron chi connectivity index (χ1n) is 10.7. The molecule has 0 N–H and O–H groups in total. The van der Waals surface area contributed by atoms with Gasteiger partial charge in [-0.1, -0.05) is 30.9 Å². The summed E-state index contributed by atoms with van der Waals surface area (Å²) in [7, 11) is -2.09. The molecular formula is C24H29N3O5S. The van der Waals surface area contributed by atoms with Crippen LogP contribution < -0.4 is 4.74 Å².